The molecule has 0 bridgehead atoms. The third-order valence-electron chi connectivity index (χ3n) is 3.86. The van der Waals surface area contributed by atoms with E-state index in [1.54, 1.807) is 31.2 Å². The molecule has 2 aromatic carbocycles. The average Bonchev–Trinajstić information content (AvgIpc) is 2.66. The minimum atomic E-state index is -2.07. The van der Waals surface area contributed by atoms with Crippen molar-refractivity contribution in [3.05, 3.63) is 58.6 Å². The quantitative estimate of drug-likeness (QED) is 0.541. The summed E-state index contributed by atoms with van der Waals surface area (Å²) in [4.78, 5) is 11.5. The Morgan fingerprint density at radius 3 is 2.46 bits per heavy atom. The zero-order chi connectivity index (χ0) is 20.7. The Labute approximate surface area is 167 Å². The van der Waals surface area contributed by atoms with Crippen molar-refractivity contribution in [2.75, 3.05) is 11.9 Å². The van der Waals surface area contributed by atoms with E-state index < -0.39 is 17.8 Å². The summed E-state index contributed by atoms with van der Waals surface area (Å²) in [5.41, 5.74) is 1.13. The first-order valence-electron chi connectivity index (χ1n) is 8.30. The van der Waals surface area contributed by atoms with Crippen LogP contribution in [0.4, 0.5) is 5.69 Å². The minimum absolute atomic E-state index is 0.00664. The van der Waals surface area contributed by atoms with Gasteiger partial charge in [0, 0.05) is 12.6 Å². The second kappa shape index (κ2) is 9.09. The number of hydrogen-bond donors (Lipinski definition) is 2. The van der Waals surface area contributed by atoms with Crippen LogP contribution in [-0.2, 0) is 9.53 Å². The van der Waals surface area contributed by atoms with Crippen molar-refractivity contribution in [1.82, 2.24) is 0 Å². The molecular weight excluding hydrogens is 382 g/mol. The molecule has 0 amide bonds. The number of rotatable bonds is 7. The normalized spacial score (nSPS) is 13.4. The zero-order valence-corrected chi connectivity index (χ0v) is 16.0. The second-order valence-corrected chi connectivity index (χ2v) is 6.48. The van der Waals surface area contributed by atoms with Crippen molar-refractivity contribution in [2.24, 2.45) is 5.92 Å². The summed E-state index contributed by atoms with van der Waals surface area (Å²) in [6.45, 7) is 2.81. The number of carbonyl (C=O) groups excluding carboxylic acids is 1. The summed E-state index contributed by atoms with van der Waals surface area (Å²) < 4.78 is 10.7. The topological polar surface area (TPSA) is 115 Å². The summed E-state index contributed by atoms with van der Waals surface area (Å²) >= 11 is 6.01. The van der Waals surface area contributed by atoms with Crippen LogP contribution in [0.5, 0.6) is 5.75 Å². The number of aliphatic hydroxyl groups is 1. The van der Waals surface area contributed by atoms with Crippen LogP contribution in [0.3, 0.4) is 0 Å². The molecule has 0 radical (unpaired) electrons. The predicted molar refractivity (Wildman–Crippen MR) is 102 cm³/mol. The van der Waals surface area contributed by atoms with Gasteiger partial charge in [-0.15, -0.1) is 0 Å². The second-order valence-electron chi connectivity index (χ2n) is 6.07. The van der Waals surface area contributed by atoms with Gasteiger partial charge in [-0.2, -0.15) is 10.5 Å². The molecule has 0 spiro atoms. The van der Waals surface area contributed by atoms with Crippen molar-refractivity contribution in [3.8, 4) is 17.9 Å². The summed E-state index contributed by atoms with van der Waals surface area (Å²) in [7, 11) is 0. The fourth-order valence-corrected chi connectivity index (χ4v) is 2.54. The number of ether oxygens (including phenoxy) is 2. The van der Waals surface area contributed by atoms with Crippen LogP contribution in [0, 0.1) is 28.6 Å². The van der Waals surface area contributed by atoms with Crippen LogP contribution in [0.25, 0.3) is 0 Å². The fraction of sp³-hybridized carbons (Fsp3) is 0.250. The highest BCUT2D eigenvalue weighted by atomic mass is 35.5. The van der Waals surface area contributed by atoms with Crippen LogP contribution in [0.2, 0.25) is 5.02 Å². The average molecular weight is 400 g/mol. The van der Waals surface area contributed by atoms with Gasteiger partial charge in [0.25, 0.3) is 5.91 Å². The first kappa shape index (κ1) is 21.0. The van der Waals surface area contributed by atoms with Gasteiger partial charge < -0.3 is 19.9 Å². The van der Waals surface area contributed by atoms with E-state index in [-0.39, 0.29) is 17.2 Å². The Balaban J connectivity index is 2.15. The molecular formula is C20H18ClN3O4. The van der Waals surface area contributed by atoms with Crippen molar-refractivity contribution in [2.45, 2.75) is 19.8 Å². The van der Waals surface area contributed by atoms with Crippen molar-refractivity contribution in [1.29, 1.82) is 10.5 Å². The molecule has 0 heterocycles. The summed E-state index contributed by atoms with van der Waals surface area (Å²) in [6, 6.07) is 14.9. The molecule has 0 aliphatic rings. The Morgan fingerprint density at radius 1 is 1.25 bits per heavy atom. The molecule has 144 valence electrons. The number of halogens is 1. The third-order valence-corrected chi connectivity index (χ3v) is 4.18. The van der Waals surface area contributed by atoms with E-state index in [1.165, 1.54) is 25.1 Å². The van der Waals surface area contributed by atoms with E-state index in [1.807, 2.05) is 12.1 Å². The van der Waals surface area contributed by atoms with Gasteiger partial charge in [-0.05, 0) is 42.5 Å². The fourth-order valence-electron chi connectivity index (χ4n) is 2.32. The lowest BCUT2D eigenvalue weighted by molar-refractivity contribution is -0.216. The SMILES string of the molecule is CC(=O)O[C@](O)(Nc1ccc(C#N)c(Cl)c1)[C@@H](C)COc1ccc(C#N)cc1. The summed E-state index contributed by atoms with van der Waals surface area (Å²) in [5.74, 6) is -2.96. The third kappa shape index (κ3) is 5.37. The molecule has 0 saturated carbocycles. The number of hydrogen-bond acceptors (Lipinski definition) is 7. The molecule has 28 heavy (non-hydrogen) atoms. The molecule has 0 aliphatic carbocycles. The molecule has 0 saturated heterocycles. The first-order valence-corrected chi connectivity index (χ1v) is 8.68. The molecule has 0 fully saturated rings. The minimum Gasteiger partial charge on any atom is -0.493 e. The molecule has 7 nitrogen and oxygen atoms in total. The maximum Gasteiger partial charge on any atom is 0.306 e. The Morgan fingerprint density at radius 2 is 1.93 bits per heavy atom. The van der Waals surface area contributed by atoms with E-state index in [0.717, 1.165) is 0 Å². The highest BCUT2D eigenvalue weighted by Crippen LogP contribution is 2.27. The molecule has 0 unspecified atom stereocenters. The highest BCUT2D eigenvalue weighted by molar-refractivity contribution is 6.32. The number of benzene rings is 2. The van der Waals surface area contributed by atoms with Crippen LogP contribution < -0.4 is 10.1 Å². The van der Waals surface area contributed by atoms with E-state index in [4.69, 9.17) is 31.6 Å². The predicted octanol–water partition coefficient (Wildman–Crippen LogP) is 3.42. The Bertz CT molecular complexity index is 934. The van der Waals surface area contributed by atoms with E-state index in [2.05, 4.69) is 5.32 Å². The monoisotopic (exact) mass is 399 g/mol. The molecule has 2 aromatic rings. The summed E-state index contributed by atoms with van der Waals surface area (Å²) in [5, 5.41) is 31.6. The van der Waals surface area contributed by atoms with E-state index >= 15 is 0 Å². The van der Waals surface area contributed by atoms with Crippen molar-refractivity contribution in [3.63, 3.8) is 0 Å². The lowest BCUT2D eigenvalue weighted by Gasteiger charge is -2.34. The van der Waals surface area contributed by atoms with Crippen molar-refractivity contribution < 1.29 is 19.4 Å². The lowest BCUT2D eigenvalue weighted by atomic mass is 10.1. The number of anilines is 1. The Kier molecular flexibility index (Phi) is 6.84. The molecule has 2 rings (SSSR count). The Hall–Kier alpha value is -3.26. The van der Waals surface area contributed by atoms with Gasteiger partial charge in [-0.1, -0.05) is 18.5 Å². The molecule has 8 heteroatoms. The van der Waals surface area contributed by atoms with Gasteiger partial charge in [-0.3, -0.25) is 4.79 Å². The van der Waals surface area contributed by atoms with Gasteiger partial charge in [0.15, 0.2) is 0 Å². The maximum absolute atomic E-state index is 11.5. The van der Waals surface area contributed by atoms with Crippen LogP contribution in [0.15, 0.2) is 42.5 Å². The largest absolute Gasteiger partial charge is 0.493 e. The standard InChI is InChI=1S/C20H18ClN3O4/c1-13(12-27-18-7-3-15(10-22)4-8-18)20(26,28-14(2)25)24-17-6-5-16(11-23)19(21)9-17/h3-9,13,24,26H,12H2,1-2H3/t13-,20-/m0/s1. The van der Waals surface area contributed by atoms with Crippen molar-refractivity contribution >= 4 is 23.3 Å². The number of nitriles is 2. The number of nitrogens with zero attached hydrogens (tertiary/aromatic N) is 2. The first-order chi connectivity index (χ1) is 13.3. The number of esters is 1. The number of carbonyl (C=O) groups is 1. The van der Waals surface area contributed by atoms with E-state index in [9.17, 15) is 9.90 Å². The van der Waals surface area contributed by atoms with Gasteiger partial charge in [0.1, 0.15) is 11.8 Å². The lowest BCUT2D eigenvalue weighted by Crippen LogP contribution is -2.50. The highest BCUT2D eigenvalue weighted by Gasteiger charge is 2.38. The smallest absolute Gasteiger partial charge is 0.306 e. The van der Waals surface area contributed by atoms with Crippen LogP contribution in [-0.4, -0.2) is 23.6 Å². The van der Waals surface area contributed by atoms with Crippen LogP contribution >= 0.6 is 11.6 Å². The van der Waals surface area contributed by atoms with Gasteiger partial charge in [-0.25, -0.2) is 0 Å². The molecule has 2 N–H and O–H groups in total. The maximum atomic E-state index is 11.5. The van der Waals surface area contributed by atoms with Gasteiger partial charge in [0.05, 0.1) is 34.7 Å². The van der Waals surface area contributed by atoms with E-state index in [0.29, 0.717) is 17.0 Å². The van der Waals surface area contributed by atoms with Gasteiger partial charge in [0.2, 0.25) is 0 Å². The van der Waals surface area contributed by atoms with Gasteiger partial charge >= 0.3 is 5.97 Å². The number of nitrogens with one attached hydrogen (secondary N) is 1. The molecule has 2 atom stereocenters. The molecule has 0 aromatic heterocycles. The molecule has 0 aliphatic heterocycles. The van der Waals surface area contributed by atoms with Crippen LogP contribution in [0.1, 0.15) is 25.0 Å². The zero-order valence-electron chi connectivity index (χ0n) is 15.3. The summed E-state index contributed by atoms with van der Waals surface area (Å²) in [6.07, 6.45) is 0.